The lowest BCUT2D eigenvalue weighted by molar-refractivity contribution is 0.0988. The molecular formula is C11H13NO2. The van der Waals surface area contributed by atoms with E-state index in [0.29, 0.717) is 18.2 Å². The molecule has 0 unspecified atom stereocenters. The predicted octanol–water partition coefficient (Wildman–Crippen LogP) is 1.94. The molecule has 14 heavy (non-hydrogen) atoms. The van der Waals surface area contributed by atoms with E-state index in [1.165, 1.54) is 6.92 Å². The second-order valence-corrected chi connectivity index (χ2v) is 2.91. The zero-order valence-electron chi connectivity index (χ0n) is 8.41. The highest BCUT2D eigenvalue weighted by atomic mass is 16.4. The van der Waals surface area contributed by atoms with Crippen molar-refractivity contribution in [1.29, 1.82) is 0 Å². The monoisotopic (exact) mass is 191 g/mol. The van der Waals surface area contributed by atoms with Gasteiger partial charge in [-0.3, -0.25) is 4.79 Å². The van der Waals surface area contributed by atoms with Crippen molar-refractivity contribution in [1.82, 2.24) is 0 Å². The van der Waals surface area contributed by atoms with E-state index in [0.717, 1.165) is 6.54 Å². The van der Waals surface area contributed by atoms with Crippen LogP contribution >= 0.6 is 0 Å². The summed E-state index contributed by atoms with van der Waals surface area (Å²) in [5.41, 5.74) is 0. The quantitative estimate of drug-likeness (QED) is 0.538. The molecule has 0 aliphatic carbocycles. The average molecular weight is 191 g/mol. The van der Waals surface area contributed by atoms with E-state index < -0.39 is 0 Å². The van der Waals surface area contributed by atoms with Gasteiger partial charge in [-0.25, -0.2) is 0 Å². The highest BCUT2D eigenvalue weighted by Gasteiger charge is 2.10. The van der Waals surface area contributed by atoms with Crippen molar-refractivity contribution >= 4 is 11.7 Å². The summed E-state index contributed by atoms with van der Waals surface area (Å²) in [7, 11) is 0. The number of carbonyl (C=O) groups excluding carboxylic acids is 1. The molecule has 0 N–H and O–H groups in total. The minimum Gasteiger partial charge on any atom is -0.437 e. The number of hydrogen-bond acceptors (Lipinski definition) is 3. The predicted molar refractivity (Wildman–Crippen MR) is 55.4 cm³/mol. The van der Waals surface area contributed by atoms with Gasteiger partial charge in [0.2, 0.25) is 0 Å². The van der Waals surface area contributed by atoms with Crippen molar-refractivity contribution in [2.75, 3.05) is 18.0 Å². The molecule has 1 aromatic rings. The molecule has 0 fully saturated rings. The standard InChI is InChI=1S/C11H13NO2/c1-4-8-12(5-2)11-7-6-10(14-11)9(3)13/h1,6-7H,5,8H2,2-3H3. The van der Waals surface area contributed by atoms with E-state index in [4.69, 9.17) is 10.8 Å². The molecule has 0 bridgehead atoms. The van der Waals surface area contributed by atoms with Crippen LogP contribution < -0.4 is 4.90 Å². The average Bonchev–Trinajstić information content (AvgIpc) is 2.63. The molecule has 0 aliphatic rings. The molecule has 74 valence electrons. The summed E-state index contributed by atoms with van der Waals surface area (Å²) in [6.45, 7) is 4.70. The lowest BCUT2D eigenvalue weighted by atomic mass is 10.3. The maximum atomic E-state index is 11.0. The van der Waals surface area contributed by atoms with E-state index in [9.17, 15) is 4.79 Å². The molecule has 0 saturated carbocycles. The molecule has 0 amide bonds. The third-order valence-corrected chi connectivity index (χ3v) is 1.91. The first-order valence-corrected chi connectivity index (χ1v) is 4.48. The van der Waals surface area contributed by atoms with Crippen LogP contribution in [-0.2, 0) is 0 Å². The van der Waals surface area contributed by atoms with Crippen LogP contribution in [0.5, 0.6) is 0 Å². The number of ketones is 1. The molecular weight excluding hydrogens is 178 g/mol. The molecule has 0 aliphatic heterocycles. The van der Waals surface area contributed by atoms with Gasteiger partial charge in [0, 0.05) is 19.5 Å². The van der Waals surface area contributed by atoms with Crippen LogP contribution in [0.25, 0.3) is 0 Å². The van der Waals surface area contributed by atoms with Gasteiger partial charge in [-0.05, 0) is 13.0 Å². The summed E-state index contributed by atoms with van der Waals surface area (Å²) in [6.07, 6.45) is 5.21. The summed E-state index contributed by atoms with van der Waals surface area (Å²) in [5.74, 6) is 3.48. The molecule has 3 heteroatoms. The van der Waals surface area contributed by atoms with Crippen LogP contribution in [0.1, 0.15) is 24.4 Å². The van der Waals surface area contributed by atoms with E-state index in [-0.39, 0.29) is 5.78 Å². The largest absolute Gasteiger partial charge is 0.437 e. The van der Waals surface area contributed by atoms with Crippen LogP contribution in [0, 0.1) is 12.3 Å². The Balaban J connectivity index is 2.84. The third kappa shape index (κ3) is 2.17. The molecule has 1 heterocycles. The number of anilines is 1. The Hall–Kier alpha value is -1.69. The van der Waals surface area contributed by atoms with Crippen molar-refractivity contribution in [3.63, 3.8) is 0 Å². The number of rotatable bonds is 4. The molecule has 0 aromatic carbocycles. The lowest BCUT2D eigenvalue weighted by Gasteiger charge is -2.15. The topological polar surface area (TPSA) is 33.5 Å². The summed E-state index contributed by atoms with van der Waals surface area (Å²) in [5, 5.41) is 0. The van der Waals surface area contributed by atoms with Gasteiger partial charge >= 0.3 is 0 Å². The molecule has 0 radical (unpaired) electrons. The van der Waals surface area contributed by atoms with Crippen LogP contribution in [0.15, 0.2) is 16.5 Å². The third-order valence-electron chi connectivity index (χ3n) is 1.91. The van der Waals surface area contributed by atoms with Crippen molar-refractivity contribution in [3.05, 3.63) is 17.9 Å². The Labute approximate surface area is 83.7 Å². The number of Topliss-reactive ketones (excluding diaryl/α,β-unsaturated/α-hetero) is 1. The number of terminal acetylenes is 1. The summed E-state index contributed by atoms with van der Waals surface area (Å²) in [4.78, 5) is 12.9. The van der Waals surface area contributed by atoms with Crippen LogP contribution in [0.4, 0.5) is 5.88 Å². The number of hydrogen-bond donors (Lipinski definition) is 0. The Morgan fingerprint density at radius 2 is 2.36 bits per heavy atom. The maximum absolute atomic E-state index is 11.0. The van der Waals surface area contributed by atoms with E-state index in [1.54, 1.807) is 12.1 Å². The second-order valence-electron chi connectivity index (χ2n) is 2.91. The minimum atomic E-state index is -0.0759. The van der Waals surface area contributed by atoms with Crippen molar-refractivity contribution in [2.45, 2.75) is 13.8 Å². The Morgan fingerprint density at radius 1 is 1.64 bits per heavy atom. The summed E-state index contributed by atoms with van der Waals surface area (Å²) >= 11 is 0. The fraction of sp³-hybridized carbons (Fsp3) is 0.364. The maximum Gasteiger partial charge on any atom is 0.197 e. The van der Waals surface area contributed by atoms with Gasteiger partial charge in [0.25, 0.3) is 0 Å². The van der Waals surface area contributed by atoms with Gasteiger partial charge in [0.05, 0.1) is 6.54 Å². The fourth-order valence-corrected chi connectivity index (χ4v) is 1.14. The van der Waals surface area contributed by atoms with Crippen molar-refractivity contribution < 1.29 is 9.21 Å². The van der Waals surface area contributed by atoms with E-state index in [2.05, 4.69) is 5.92 Å². The van der Waals surface area contributed by atoms with Crippen LogP contribution in [-0.4, -0.2) is 18.9 Å². The number of carbonyl (C=O) groups is 1. The van der Waals surface area contributed by atoms with Crippen LogP contribution in [0.2, 0.25) is 0 Å². The zero-order valence-corrected chi connectivity index (χ0v) is 8.41. The minimum absolute atomic E-state index is 0.0759. The molecule has 3 nitrogen and oxygen atoms in total. The van der Waals surface area contributed by atoms with E-state index in [1.807, 2.05) is 11.8 Å². The first-order valence-electron chi connectivity index (χ1n) is 4.48. The van der Waals surface area contributed by atoms with Gasteiger partial charge in [-0.1, -0.05) is 5.92 Å². The van der Waals surface area contributed by atoms with Gasteiger partial charge < -0.3 is 9.32 Å². The smallest absolute Gasteiger partial charge is 0.197 e. The summed E-state index contributed by atoms with van der Waals surface area (Å²) < 4.78 is 5.33. The fourth-order valence-electron chi connectivity index (χ4n) is 1.14. The second kappa shape index (κ2) is 4.52. The van der Waals surface area contributed by atoms with Crippen LogP contribution in [0.3, 0.4) is 0 Å². The first kappa shape index (κ1) is 10.4. The molecule has 0 atom stereocenters. The Kier molecular flexibility index (Phi) is 3.35. The highest BCUT2D eigenvalue weighted by Crippen LogP contribution is 2.18. The van der Waals surface area contributed by atoms with Gasteiger partial charge in [0.15, 0.2) is 17.4 Å². The lowest BCUT2D eigenvalue weighted by Crippen LogP contribution is -2.22. The Morgan fingerprint density at radius 3 is 2.79 bits per heavy atom. The van der Waals surface area contributed by atoms with Crippen molar-refractivity contribution in [3.8, 4) is 12.3 Å². The van der Waals surface area contributed by atoms with Gasteiger partial charge in [0.1, 0.15) is 0 Å². The van der Waals surface area contributed by atoms with Gasteiger partial charge in [-0.2, -0.15) is 0 Å². The molecule has 0 spiro atoms. The number of furan rings is 1. The molecule has 0 saturated heterocycles. The van der Waals surface area contributed by atoms with Gasteiger partial charge in [-0.15, -0.1) is 6.42 Å². The first-order chi connectivity index (χ1) is 6.69. The Bertz CT molecular complexity index is 360. The number of nitrogens with zero attached hydrogens (tertiary/aromatic N) is 1. The summed E-state index contributed by atoms with van der Waals surface area (Å²) in [6, 6.07) is 3.43. The van der Waals surface area contributed by atoms with Crippen molar-refractivity contribution in [2.24, 2.45) is 0 Å². The zero-order chi connectivity index (χ0) is 10.6. The molecule has 1 aromatic heterocycles. The molecule has 1 rings (SSSR count). The highest BCUT2D eigenvalue weighted by molar-refractivity contribution is 5.91. The SMILES string of the molecule is C#CCN(CC)c1ccc(C(C)=O)o1. The normalized spacial score (nSPS) is 9.50. The van der Waals surface area contributed by atoms with E-state index >= 15 is 0 Å².